The van der Waals surface area contributed by atoms with Gasteiger partial charge in [-0.2, -0.15) is 0 Å². The molecule has 6 N–H and O–H groups in total. The van der Waals surface area contributed by atoms with Crippen LogP contribution in [0.25, 0.3) is 0 Å². The summed E-state index contributed by atoms with van der Waals surface area (Å²) >= 11 is 0. The van der Waals surface area contributed by atoms with E-state index in [-0.39, 0.29) is 12.8 Å². The predicted octanol–water partition coefficient (Wildman–Crippen LogP) is 6.94. The molecular formula is C43H69O13P. The fourth-order valence-electron chi connectivity index (χ4n) is 5.49. The van der Waals surface area contributed by atoms with Crippen molar-refractivity contribution in [2.75, 3.05) is 13.2 Å². The summed E-state index contributed by atoms with van der Waals surface area (Å²) in [6.45, 7) is 2.95. The van der Waals surface area contributed by atoms with Crippen molar-refractivity contribution < 1.29 is 63.1 Å². The van der Waals surface area contributed by atoms with Crippen LogP contribution in [-0.4, -0.2) is 98.3 Å². The average molecular weight is 825 g/mol. The summed E-state index contributed by atoms with van der Waals surface area (Å²) in [7, 11) is -5.14. The van der Waals surface area contributed by atoms with Crippen LogP contribution in [0.15, 0.2) is 85.1 Å². The first kappa shape index (κ1) is 52.0. The van der Waals surface area contributed by atoms with E-state index in [1.807, 2.05) is 24.3 Å². The number of allylic oxidation sites excluding steroid dienone is 14. The highest BCUT2D eigenvalue weighted by molar-refractivity contribution is 7.47. The molecular weight excluding hydrogens is 755 g/mol. The van der Waals surface area contributed by atoms with E-state index in [1.165, 1.54) is 0 Å². The van der Waals surface area contributed by atoms with Crippen molar-refractivity contribution in [3.8, 4) is 0 Å². The van der Waals surface area contributed by atoms with Crippen LogP contribution in [0, 0.1) is 0 Å². The summed E-state index contributed by atoms with van der Waals surface area (Å²) in [5.41, 5.74) is 0. The molecule has 6 unspecified atom stereocenters. The summed E-state index contributed by atoms with van der Waals surface area (Å²) < 4.78 is 33.3. The van der Waals surface area contributed by atoms with Crippen LogP contribution in [0.2, 0.25) is 0 Å². The molecule has 1 saturated carbocycles. The second-order valence-corrected chi connectivity index (χ2v) is 15.1. The van der Waals surface area contributed by atoms with Gasteiger partial charge in [0.1, 0.15) is 43.2 Å². The second kappa shape index (κ2) is 32.9. The zero-order valence-corrected chi connectivity index (χ0v) is 34.7. The van der Waals surface area contributed by atoms with E-state index in [0.29, 0.717) is 19.3 Å². The number of ether oxygens (including phenoxy) is 2. The standard InChI is InChI=1S/C43H69O13P/c1-3-5-7-9-11-13-15-17-18-20-21-23-25-27-29-31-36(44)53-33-35(34-54-57(51,52)56-43-41(49)39(47)38(46)40(48)42(43)50)55-37(45)32-30-28-26-24-22-19-16-14-12-10-8-6-4-2/h5-8,11-14,17-19,22,26,28,35,38-43,46-50H,3-4,9-10,15-16,20-21,23-25,27,29-34H2,1-2H3,(H,51,52)/b7-5-,8-6-,13-11-,14-12-,18-17-,22-19-,28-26-. The molecule has 0 heterocycles. The molecule has 0 bridgehead atoms. The minimum atomic E-state index is -5.14. The normalized spacial score (nSPS) is 23.6. The van der Waals surface area contributed by atoms with Crippen LogP contribution in [-0.2, 0) is 32.7 Å². The largest absolute Gasteiger partial charge is 0.472 e. The highest BCUT2D eigenvalue weighted by Crippen LogP contribution is 2.47. The Morgan fingerprint density at radius 1 is 0.544 bits per heavy atom. The molecule has 0 radical (unpaired) electrons. The fraction of sp³-hybridized carbons (Fsp3) is 0.628. The highest BCUT2D eigenvalue weighted by atomic mass is 31.2. The first-order chi connectivity index (χ1) is 27.4. The lowest BCUT2D eigenvalue weighted by Gasteiger charge is -2.41. The van der Waals surface area contributed by atoms with Gasteiger partial charge in [0.05, 0.1) is 6.61 Å². The molecule has 13 nitrogen and oxygen atoms in total. The van der Waals surface area contributed by atoms with Gasteiger partial charge in [-0.05, 0) is 70.6 Å². The summed E-state index contributed by atoms with van der Waals surface area (Å²) in [5.74, 6) is -1.23. The Labute approximate surface area is 339 Å². The zero-order valence-electron chi connectivity index (χ0n) is 33.8. The summed E-state index contributed by atoms with van der Waals surface area (Å²) in [6, 6.07) is 0. The first-order valence-electron chi connectivity index (χ1n) is 20.4. The molecule has 0 aromatic carbocycles. The number of unbranched alkanes of at least 4 members (excludes halogenated alkanes) is 5. The Morgan fingerprint density at radius 2 is 0.982 bits per heavy atom. The smallest absolute Gasteiger partial charge is 0.462 e. The van der Waals surface area contributed by atoms with Crippen molar-refractivity contribution >= 4 is 19.8 Å². The van der Waals surface area contributed by atoms with E-state index in [9.17, 15) is 44.6 Å². The maximum absolute atomic E-state index is 12.8. The number of esters is 2. The van der Waals surface area contributed by atoms with Gasteiger partial charge in [0, 0.05) is 12.8 Å². The van der Waals surface area contributed by atoms with Gasteiger partial charge in [-0.25, -0.2) is 4.57 Å². The number of hydrogen-bond donors (Lipinski definition) is 6. The zero-order chi connectivity index (χ0) is 42.2. The van der Waals surface area contributed by atoms with Gasteiger partial charge in [-0.1, -0.05) is 118 Å². The second-order valence-electron chi connectivity index (χ2n) is 13.7. The van der Waals surface area contributed by atoms with Crippen LogP contribution >= 0.6 is 7.82 Å². The van der Waals surface area contributed by atoms with Gasteiger partial charge in [-0.15, -0.1) is 0 Å². The Hall–Kier alpha value is -2.97. The Kier molecular flexibility index (Phi) is 30.1. The number of rotatable bonds is 31. The van der Waals surface area contributed by atoms with Gasteiger partial charge in [0.25, 0.3) is 0 Å². The number of phosphoric ester groups is 1. The van der Waals surface area contributed by atoms with Crippen molar-refractivity contribution in [3.63, 3.8) is 0 Å². The summed E-state index contributed by atoms with van der Waals surface area (Å²) in [6.07, 6.45) is 28.1. The van der Waals surface area contributed by atoms with Crippen molar-refractivity contribution in [3.05, 3.63) is 85.1 Å². The third-order valence-corrected chi connectivity index (χ3v) is 9.73. The Morgan fingerprint density at radius 3 is 1.51 bits per heavy atom. The molecule has 0 amide bonds. The minimum Gasteiger partial charge on any atom is -0.462 e. The Balaban J connectivity index is 2.58. The summed E-state index contributed by atoms with van der Waals surface area (Å²) in [5, 5.41) is 50.0. The molecule has 1 fully saturated rings. The predicted molar refractivity (Wildman–Crippen MR) is 221 cm³/mol. The number of phosphoric acid groups is 1. The van der Waals surface area contributed by atoms with E-state index in [1.54, 1.807) is 0 Å². The molecule has 1 aliphatic carbocycles. The van der Waals surface area contributed by atoms with Crippen LogP contribution in [0.5, 0.6) is 0 Å². The van der Waals surface area contributed by atoms with E-state index in [4.69, 9.17) is 18.5 Å². The maximum atomic E-state index is 12.8. The fourth-order valence-corrected chi connectivity index (χ4v) is 6.46. The van der Waals surface area contributed by atoms with Crippen LogP contribution in [0.3, 0.4) is 0 Å². The topological polar surface area (TPSA) is 210 Å². The minimum absolute atomic E-state index is 0.0334. The number of aliphatic hydroxyl groups is 5. The molecule has 0 aliphatic heterocycles. The number of carbonyl (C=O) groups excluding carboxylic acids is 2. The third kappa shape index (κ3) is 25.9. The quantitative estimate of drug-likeness (QED) is 0.0182. The lowest BCUT2D eigenvalue weighted by molar-refractivity contribution is -0.220. The third-order valence-electron chi connectivity index (χ3n) is 8.75. The monoisotopic (exact) mass is 824 g/mol. The number of aliphatic hydroxyl groups excluding tert-OH is 5. The molecule has 14 heteroatoms. The van der Waals surface area contributed by atoms with Crippen LogP contribution in [0.1, 0.15) is 117 Å². The number of hydrogen-bond acceptors (Lipinski definition) is 12. The molecule has 57 heavy (non-hydrogen) atoms. The number of carbonyl (C=O) groups is 2. The molecule has 0 aromatic rings. The van der Waals surface area contributed by atoms with Crippen LogP contribution in [0.4, 0.5) is 0 Å². The van der Waals surface area contributed by atoms with Gasteiger partial charge >= 0.3 is 19.8 Å². The molecule has 0 saturated heterocycles. The van der Waals surface area contributed by atoms with E-state index < -0.39 is 75.7 Å². The Bertz CT molecular complexity index is 1320. The van der Waals surface area contributed by atoms with Crippen LogP contribution < -0.4 is 0 Å². The molecule has 1 aliphatic rings. The molecule has 324 valence electrons. The SMILES string of the molecule is CC/C=C\C/C=C\C/C=C\C/C=C\CCC(=O)OC(COC(=O)CCCCCCC/C=C\C/C=C\C/C=C\CC)COP(=O)(O)OC1C(O)C(O)C(O)C(O)C1O. The van der Waals surface area contributed by atoms with E-state index in [2.05, 4.69) is 74.6 Å². The van der Waals surface area contributed by atoms with Gasteiger partial charge in [-0.3, -0.25) is 18.6 Å². The molecule has 6 atom stereocenters. The van der Waals surface area contributed by atoms with E-state index >= 15 is 0 Å². The maximum Gasteiger partial charge on any atom is 0.472 e. The summed E-state index contributed by atoms with van der Waals surface area (Å²) in [4.78, 5) is 35.5. The van der Waals surface area contributed by atoms with Crippen molar-refractivity contribution in [1.29, 1.82) is 0 Å². The molecule has 0 aromatic heterocycles. The van der Waals surface area contributed by atoms with Crippen molar-refractivity contribution in [1.82, 2.24) is 0 Å². The highest BCUT2D eigenvalue weighted by Gasteiger charge is 2.51. The first-order valence-corrected chi connectivity index (χ1v) is 21.9. The molecule has 1 rings (SSSR count). The van der Waals surface area contributed by atoms with Crippen molar-refractivity contribution in [2.45, 2.75) is 159 Å². The van der Waals surface area contributed by atoms with E-state index in [0.717, 1.165) is 70.6 Å². The van der Waals surface area contributed by atoms with Crippen molar-refractivity contribution in [2.24, 2.45) is 0 Å². The molecule has 0 spiro atoms. The average Bonchev–Trinajstić information content (AvgIpc) is 3.19. The lowest BCUT2D eigenvalue weighted by Crippen LogP contribution is -2.64. The lowest BCUT2D eigenvalue weighted by atomic mass is 9.85. The van der Waals surface area contributed by atoms with Gasteiger partial charge in [0.2, 0.25) is 0 Å². The van der Waals surface area contributed by atoms with Gasteiger partial charge in [0.15, 0.2) is 6.10 Å². The van der Waals surface area contributed by atoms with Gasteiger partial charge < -0.3 is 39.9 Å².